The Bertz CT molecular complexity index is 722. The van der Waals surface area contributed by atoms with Gasteiger partial charge in [-0.1, -0.05) is 24.3 Å². The highest BCUT2D eigenvalue weighted by Crippen LogP contribution is 2.23. The lowest BCUT2D eigenvalue weighted by atomic mass is 10.1. The Labute approximate surface area is 147 Å². The number of benzene rings is 2. The van der Waals surface area contributed by atoms with Crippen LogP contribution in [0, 0.1) is 5.82 Å². The summed E-state index contributed by atoms with van der Waals surface area (Å²) >= 11 is 0. The number of nitrogens with zero attached hydrogens (tertiary/aromatic N) is 1. The van der Waals surface area contributed by atoms with Crippen molar-refractivity contribution in [1.29, 1.82) is 0 Å². The average Bonchev–Trinajstić information content (AvgIpc) is 2.60. The van der Waals surface area contributed by atoms with E-state index in [0.29, 0.717) is 24.4 Å². The van der Waals surface area contributed by atoms with Crippen LogP contribution >= 0.6 is 0 Å². The molecule has 0 aromatic heterocycles. The Morgan fingerprint density at radius 3 is 2.44 bits per heavy atom. The summed E-state index contributed by atoms with van der Waals surface area (Å²) in [6.07, 6.45) is 0.0278. The predicted octanol–water partition coefficient (Wildman–Crippen LogP) is 3.65. The highest BCUT2D eigenvalue weighted by molar-refractivity contribution is 5.97. The number of hydrogen-bond donors (Lipinski definition) is 0. The monoisotopic (exact) mass is 343 g/mol. The molecule has 1 fully saturated rings. The van der Waals surface area contributed by atoms with Crippen LogP contribution in [0.2, 0.25) is 0 Å². The predicted molar refractivity (Wildman–Crippen MR) is 93.1 cm³/mol. The van der Waals surface area contributed by atoms with Crippen LogP contribution in [0.15, 0.2) is 48.5 Å². The van der Waals surface area contributed by atoms with Crippen molar-refractivity contribution in [3.63, 3.8) is 0 Å². The zero-order chi connectivity index (χ0) is 17.8. The van der Waals surface area contributed by atoms with E-state index in [0.717, 1.165) is 5.56 Å². The summed E-state index contributed by atoms with van der Waals surface area (Å²) < 4.78 is 24.5. The van der Waals surface area contributed by atoms with Crippen LogP contribution in [0.25, 0.3) is 0 Å². The van der Waals surface area contributed by atoms with Crippen molar-refractivity contribution in [3.8, 4) is 5.75 Å². The summed E-state index contributed by atoms with van der Waals surface area (Å²) in [5, 5.41) is 0. The molecule has 0 radical (unpaired) electrons. The van der Waals surface area contributed by atoms with E-state index >= 15 is 0 Å². The van der Waals surface area contributed by atoms with Crippen LogP contribution in [0.5, 0.6) is 5.75 Å². The van der Waals surface area contributed by atoms with Crippen molar-refractivity contribution in [3.05, 3.63) is 65.5 Å². The minimum Gasteiger partial charge on any atom is -0.488 e. The molecule has 132 valence electrons. The van der Waals surface area contributed by atoms with Crippen LogP contribution in [0.4, 0.5) is 4.39 Å². The van der Waals surface area contributed by atoms with E-state index in [2.05, 4.69) is 0 Å². The van der Waals surface area contributed by atoms with Crippen molar-refractivity contribution < 1.29 is 18.7 Å². The Morgan fingerprint density at radius 1 is 1.12 bits per heavy atom. The van der Waals surface area contributed by atoms with Gasteiger partial charge in [-0.15, -0.1) is 0 Å². The quantitative estimate of drug-likeness (QED) is 0.850. The Balaban J connectivity index is 1.73. The van der Waals surface area contributed by atoms with Gasteiger partial charge in [-0.2, -0.15) is 0 Å². The van der Waals surface area contributed by atoms with Gasteiger partial charge < -0.3 is 14.4 Å². The van der Waals surface area contributed by atoms with Gasteiger partial charge in [-0.05, 0) is 43.7 Å². The lowest BCUT2D eigenvalue weighted by Crippen LogP contribution is -2.48. The molecular weight excluding hydrogens is 321 g/mol. The molecule has 5 heteroatoms. The minimum atomic E-state index is -0.283. The zero-order valence-electron chi connectivity index (χ0n) is 14.4. The summed E-state index contributed by atoms with van der Waals surface area (Å²) in [4.78, 5) is 14.7. The lowest BCUT2D eigenvalue weighted by Gasteiger charge is -2.35. The number of halogens is 1. The molecule has 1 aliphatic rings. The van der Waals surface area contributed by atoms with Gasteiger partial charge in [0.05, 0.1) is 17.8 Å². The van der Waals surface area contributed by atoms with Crippen molar-refractivity contribution in [1.82, 2.24) is 4.90 Å². The molecule has 0 unspecified atom stereocenters. The number of morpholine rings is 1. The summed E-state index contributed by atoms with van der Waals surface area (Å²) in [6.45, 7) is 5.34. The molecular formula is C20H22FNO3. The first kappa shape index (κ1) is 17.4. The molecule has 1 heterocycles. The number of carbonyl (C=O) groups excluding carboxylic acids is 1. The van der Waals surface area contributed by atoms with E-state index in [-0.39, 0.29) is 30.5 Å². The molecule has 2 aromatic carbocycles. The lowest BCUT2D eigenvalue weighted by molar-refractivity contribution is -0.0586. The number of amides is 1. The normalized spacial score (nSPS) is 20.4. The summed E-state index contributed by atoms with van der Waals surface area (Å²) in [7, 11) is 0. The van der Waals surface area contributed by atoms with E-state index in [1.165, 1.54) is 12.1 Å². The van der Waals surface area contributed by atoms with E-state index < -0.39 is 0 Å². The van der Waals surface area contributed by atoms with Crippen LogP contribution < -0.4 is 4.74 Å². The van der Waals surface area contributed by atoms with Gasteiger partial charge in [-0.25, -0.2) is 4.39 Å². The number of carbonyl (C=O) groups is 1. The first-order valence-corrected chi connectivity index (χ1v) is 8.44. The Kier molecular flexibility index (Phi) is 5.34. The Morgan fingerprint density at radius 2 is 1.76 bits per heavy atom. The third kappa shape index (κ3) is 4.37. The number of ether oxygens (including phenoxy) is 2. The first-order chi connectivity index (χ1) is 12.0. The summed E-state index contributed by atoms with van der Waals surface area (Å²) in [5.41, 5.74) is 1.38. The molecule has 4 nitrogen and oxygen atoms in total. The first-order valence-electron chi connectivity index (χ1n) is 8.44. The van der Waals surface area contributed by atoms with Gasteiger partial charge in [0, 0.05) is 13.1 Å². The van der Waals surface area contributed by atoms with Crippen LogP contribution in [-0.2, 0) is 11.3 Å². The minimum absolute atomic E-state index is 0.0139. The molecule has 1 aliphatic heterocycles. The molecule has 0 N–H and O–H groups in total. The van der Waals surface area contributed by atoms with E-state index in [1.807, 2.05) is 26.0 Å². The van der Waals surface area contributed by atoms with Gasteiger partial charge in [0.25, 0.3) is 5.91 Å². The molecule has 3 rings (SSSR count). The van der Waals surface area contributed by atoms with E-state index in [4.69, 9.17) is 9.47 Å². The number of para-hydroxylation sites is 1. The average molecular weight is 343 g/mol. The van der Waals surface area contributed by atoms with Crippen LogP contribution in [-0.4, -0.2) is 36.1 Å². The molecule has 0 saturated carbocycles. The van der Waals surface area contributed by atoms with Crippen molar-refractivity contribution in [2.45, 2.75) is 32.7 Å². The third-order valence-electron chi connectivity index (χ3n) is 4.13. The van der Waals surface area contributed by atoms with E-state index in [1.54, 1.807) is 29.2 Å². The number of hydrogen-bond acceptors (Lipinski definition) is 3. The molecule has 2 aromatic rings. The second kappa shape index (κ2) is 7.66. The molecule has 0 aliphatic carbocycles. The van der Waals surface area contributed by atoms with Crippen LogP contribution in [0.3, 0.4) is 0 Å². The fourth-order valence-electron chi connectivity index (χ4n) is 3.02. The maximum atomic E-state index is 13.0. The van der Waals surface area contributed by atoms with Gasteiger partial charge in [-0.3, -0.25) is 4.79 Å². The van der Waals surface area contributed by atoms with Gasteiger partial charge in [0.2, 0.25) is 0 Å². The maximum absolute atomic E-state index is 13.0. The highest BCUT2D eigenvalue weighted by Gasteiger charge is 2.28. The van der Waals surface area contributed by atoms with Gasteiger partial charge >= 0.3 is 0 Å². The summed E-state index contributed by atoms with van der Waals surface area (Å²) in [6, 6.07) is 13.3. The third-order valence-corrected chi connectivity index (χ3v) is 4.13. The van der Waals surface area contributed by atoms with Crippen molar-refractivity contribution in [2.24, 2.45) is 0 Å². The molecule has 2 atom stereocenters. The standard InChI is InChI=1S/C20H22FNO3/c1-14-11-22(12-15(2)25-14)20(23)18-5-3-4-6-19(18)24-13-16-7-9-17(21)10-8-16/h3-10,14-15H,11-13H2,1-2H3/t14-,15-/m1/s1. The molecule has 0 bridgehead atoms. The Hall–Kier alpha value is -2.40. The van der Waals surface area contributed by atoms with Crippen molar-refractivity contribution in [2.75, 3.05) is 13.1 Å². The van der Waals surface area contributed by atoms with E-state index in [9.17, 15) is 9.18 Å². The molecule has 0 spiro atoms. The second-order valence-corrected chi connectivity index (χ2v) is 6.38. The topological polar surface area (TPSA) is 38.8 Å². The maximum Gasteiger partial charge on any atom is 0.257 e. The summed E-state index contributed by atoms with van der Waals surface area (Å²) in [5.74, 6) is 0.190. The smallest absolute Gasteiger partial charge is 0.257 e. The van der Waals surface area contributed by atoms with Gasteiger partial charge in [0.15, 0.2) is 0 Å². The SMILES string of the molecule is C[C@@H]1CN(C(=O)c2ccccc2OCc2ccc(F)cc2)C[C@@H](C)O1. The highest BCUT2D eigenvalue weighted by atomic mass is 19.1. The molecule has 1 saturated heterocycles. The number of rotatable bonds is 4. The molecule has 25 heavy (non-hydrogen) atoms. The second-order valence-electron chi connectivity index (χ2n) is 6.38. The fourth-order valence-corrected chi connectivity index (χ4v) is 3.02. The van der Waals surface area contributed by atoms with Gasteiger partial charge in [0.1, 0.15) is 18.2 Å². The van der Waals surface area contributed by atoms with Crippen LogP contribution in [0.1, 0.15) is 29.8 Å². The largest absolute Gasteiger partial charge is 0.488 e. The molecule has 1 amide bonds. The fraction of sp³-hybridized carbons (Fsp3) is 0.350. The van der Waals surface area contributed by atoms with Crippen molar-refractivity contribution >= 4 is 5.91 Å². The zero-order valence-corrected chi connectivity index (χ0v) is 14.4.